The van der Waals surface area contributed by atoms with Crippen molar-refractivity contribution >= 4 is 11.6 Å². The van der Waals surface area contributed by atoms with Gasteiger partial charge in [-0.25, -0.2) is 4.39 Å². The maximum atomic E-state index is 12.8. The fraction of sp³-hybridized carbons (Fsp3) is 0.364. The fourth-order valence-corrected chi connectivity index (χ4v) is 1.90. The summed E-state index contributed by atoms with van der Waals surface area (Å²) in [5, 5.41) is 9.35. The summed E-state index contributed by atoms with van der Waals surface area (Å²) in [5.41, 5.74) is 0.762. The maximum absolute atomic E-state index is 12.8. The van der Waals surface area contributed by atoms with Gasteiger partial charge in [-0.15, -0.1) is 0 Å². The second kappa shape index (κ2) is 3.59. The third kappa shape index (κ3) is 1.73. The summed E-state index contributed by atoms with van der Waals surface area (Å²) >= 11 is 5.88. The Morgan fingerprint density at radius 2 is 2.21 bits per heavy atom. The summed E-state index contributed by atoms with van der Waals surface area (Å²) in [5.74, 6) is -0.0997. The molecule has 1 fully saturated rings. The van der Waals surface area contributed by atoms with Gasteiger partial charge in [-0.3, -0.25) is 0 Å². The molecule has 72 valence electrons. The second-order valence-electron chi connectivity index (χ2n) is 3.61. The molecule has 0 aromatic heterocycles. The van der Waals surface area contributed by atoms with Gasteiger partial charge in [0.05, 0.1) is 12.0 Å². The van der Waals surface area contributed by atoms with Crippen molar-refractivity contribution in [2.24, 2.45) is 5.92 Å². The van der Waals surface area contributed by atoms with Crippen LogP contribution in [0.15, 0.2) is 18.2 Å². The van der Waals surface area contributed by atoms with E-state index in [4.69, 9.17) is 16.9 Å². The first-order valence-electron chi connectivity index (χ1n) is 4.57. The Hall–Kier alpha value is -1.07. The molecule has 0 saturated heterocycles. The van der Waals surface area contributed by atoms with Crippen molar-refractivity contribution in [3.05, 3.63) is 34.6 Å². The van der Waals surface area contributed by atoms with E-state index < -0.39 is 0 Å². The highest BCUT2D eigenvalue weighted by Crippen LogP contribution is 2.44. The number of nitrogens with zero attached hydrogens (tertiary/aromatic N) is 1. The molecule has 0 aliphatic heterocycles. The number of halogens is 2. The molecule has 1 unspecified atom stereocenters. The lowest BCUT2D eigenvalue weighted by Gasteiger charge is -2.09. The van der Waals surface area contributed by atoms with Gasteiger partial charge in [0.15, 0.2) is 0 Å². The van der Waals surface area contributed by atoms with Crippen molar-refractivity contribution in [1.82, 2.24) is 0 Å². The standard InChI is InChI=1S/C11H9ClFN/c12-11-5-8(13)3-4-9(11)10(6-14)7-1-2-7/h3-5,7,10H,1-2H2. The van der Waals surface area contributed by atoms with E-state index in [9.17, 15) is 4.39 Å². The summed E-state index contributed by atoms with van der Waals surface area (Å²) in [7, 11) is 0. The molecule has 0 N–H and O–H groups in total. The van der Waals surface area contributed by atoms with Crippen LogP contribution in [0.25, 0.3) is 0 Å². The minimum atomic E-state index is -0.355. The molecule has 1 atom stereocenters. The molecule has 0 radical (unpaired) electrons. The highest BCUT2D eigenvalue weighted by atomic mass is 35.5. The van der Waals surface area contributed by atoms with Crippen LogP contribution in [0, 0.1) is 23.1 Å². The monoisotopic (exact) mass is 209 g/mol. The van der Waals surface area contributed by atoms with Crippen LogP contribution in [0.5, 0.6) is 0 Å². The quantitative estimate of drug-likeness (QED) is 0.732. The zero-order valence-electron chi connectivity index (χ0n) is 7.50. The molecule has 0 bridgehead atoms. The van der Waals surface area contributed by atoms with E-state index in [1.54, 1.807) is 6.07 Å². The molecule has 1 saturated carbocycles. The van der Waals surface area contributed by atoms with E-state index in [0.717, 1.165) is 18.4 Å². The molecule has 14 heavy (non-hydrogen) atoms. The largest absolute Gasteiger partial charge is 0.207 e. The second-order valence-corrected chi connectivity index (χ2v) is 4.02. The van der Waals surface area contributed by atoms with Crippen LogP contribution in [0.2, 0.25) is 5.02 Å². The minimum absolute atomic E-state index is 0.164. The van der Waals surface area contributed by atoms with Gasteiger partial charge < -0.3 is 0 Å². The van der Waals surface area contributed by atoms with Gasteiger partial charge in [0.25, 0.3) is 0 Å². The lowest BCUT2D eigenvalue weighted by Crippen LogP contribution is -1.99. The topological polar surface area (TPSA) is 23.8 Å². The van der Waals surface area contributed by atoms with Crippen LogP contribution in [-0.2, 0) is 0 Å². The van der Waals surface area contributed by atoms with E-state index in [1.807, 2.05) is 0 Å². The average molecular weight is 210 g/mol. The van der Waals surface area contributed by atoms with Crippen LogP contribution in [0.4, 0.5) is 4.39 Å². The zero-order chi connectivity index (χ0) is 10.1. The SMILES string of the molecule is N#CC(c1ccc(F)cc1Cl)C1CC1. The molecule has 3 heteroatoms. The molecule has 2 rings (SSSR count). The number of benzene rings is 1. The predicted molar refractivity (Wildman–Crippen MR) is 52.5 cm³/mol. The molecular formula is C11H9ClFN. The van der Waals surface area contributed by atoms with Gasteiger partial charge in [-0.2, -0.15) is 5.26 Å². The normalized spacial score (nSPS) is 17.5. The molecule has 0 spiro atoms. The molecule has 1 aliphatic carbocycles. The van der Waals surface area contributed by atoms with Crippen molar-refractivity contribution in [1.29, 1.82) is 5.26 Å². The van der Waals surface area contributed by atoms with Crippen LogP contribution < -0.4 is 0 Å². The first kappa shape index (κ1) is 9.48. The molecule has 1 aromatic carbocycles. The summed E-state index contributed by atoms with van der Waals surface area (Å²) in [6, 6.07) is 6.47. The average Bonchev–Trinajstić information content (AvgIpc) is 2.93. The summed E-state index contributed by atoms with van der Waals surface area (Å²) in [6.07, 6.45) is 2.15. The van der Waals surface area contributed by atoms with Crippen LogP contribution >= 0.6 is 11.6 Å². The zero-order valence-corrected chi connectivity index (χ0v) is 8.26. The summed E-state index contributed by atoms with van der Waals surface area (Å²) in [4.78, 5) is 0. The Morgan fingerprint density at radius 3 is 2.71 bits per heavy atom. The van der Waals surface area contributed by atoms with E-state index in [1.165, 1.54) is 12.1 Å². The van der Waals surface area contributed by atoms with Crippen molar-refractivity contribution < 1.29 is 4.39 Å². The van der Waals surface area contributed by atoms with Crippen molar-refractivity contribution in [3.8, 4) is 6.07 Å². The van der Waals surface area contributed by atoms with Gasteiger partial charge in [0.2, 0.25) is 0 Å². The Kier molecular flexibility index (Phi) is 2.43. The number of hydrogen-bond donors (Lipinski definition) is 0. The molecule has 1 nitrogen and oxygen atoms in total. The number of nitriles is 1. The van der Waals surface area contributed by atoms with E-state index in [0.29, 0.717) is 10.9 Å². The van der Waals surface area contributed by atoms with Gasteiger partial charge in [0, 0.05) is 5.02 Å². The maximum Gasteiger partial charge on any atom is 0.124 e. The first-order valence-corrected chi connectivity index (χ1v) is 4.94. The molecule has 1 aliphatic rings. The summed E-state index contributed by atoms with van der Waals surface area (Å²) in [6.45, 7) is 0. The Labute approximate surface area is 87.1 Å². The molecule has 0 heterocycles. The van der Waals surface area contributed by atoms with Crippen LogP contribution in [0.3, 0.4) is 0 Å². The van der Waals surface area contributed by atoms with E-state index >= 15 is 0 Å². The highest BCUT2D eigenvalue weighted by molar-refractivity contribution is 6.31. The summed E-state index contributed by atoms with van der Waals surface area (Å²) < 4.78 is 12.8. The lowest BCUT2D eigenvalue weighted by atomic mass is 9.96. The first-order chi connectivity index (χ1) is 6.72. The minimum Gasteiger partial charge on any atom is -0.207 e. The van der Waals surface area contributed by atoms with Gasteiger partial charge in [-0.1, -0.05) is 17.7 Å². The van der Waals surface area contributed by atoms with Crippen LogP contribution in [0.1, 0.15) is 24.3 Å². The Bertz CT molecular complexity index is 393. The predicted octanol–water partition coefficient (Wildman–Crippen LogP) is 3.50. The van der Waals surface area contributed by atoms with Gasteiger partial charge in [-0.05, 0) is 36.5 Å². The third-order valence-electron chi connectivity index (χ3n) is 2.53. The fourth-order valence-electron chi connectivity index (χ4n) is 1.61. The van der Waals surface area contributed by atoms with Gasteiger partial charge >= 0.3 is 0 Å². The van der Waals surface area contributed by atoms with Gasteiger partial charge in [0.1, 0.15) is 5.82 Å². The lowest BCUT2D eigenvalue weighted by molar-refractivity contribution is 0.625. The molecule has 0 amide bonds. The Balaban J connectivity index is 2.35. The van der Waals surface area contributed by atoms with Crippen LogP contribution in [-0.4, -0.2) is 0 Å². The van der Waals surface area contributed by atoms with Crippen molar-refractivity contribution in [2.75, 3.05) is 0 Å². The Morgan fingerprint density at radius 1 is 1.50 bits per heavy atom. The number of hydrogen-bond acceptors (Lipinski definition) is 1. The molecule has 1 aromatic rings. The van der Waals surface area contributed by atoms with E-state index in [2.05, 4.69) is 6.07 Å². The highest BCUT2D eigenvalue weighted by Gasteiger charge is 2.33. The third-order valence-corrected chi connectivity index (χ3v) is 2.86. The van der Waals surface area contributed by atoms with Crippen molar-refractivity contribution in [3.63, 3.8) is 0 Å². The number of rotatable bonds is 2. The van der Waals surface area contributed by atoms with Crippen molar-refractivity contribution in [2.45, 2.75) is 18.8 Å². The van der Waals surface area contributed by atoms with E-state index in [-0.39, 0.29) is 11.7 Å². The smallest absolute Gasteiger partial charge is 0.124 e. The molecular weight excluding hydrogens is 201 g/mol.